The summed E-state index contributed by atoms with van der Waals surface area (Å²) < 4.78 is 40.4. The summed E-state index contributed by atoms with van der Waals surface area (Å²) in [5, 5.41) is 10.2. The van der Waals surface area contributed by atoms with E-state index in [1.165, 1.54) is 6.08 Å². The van der Waals surface area contributed by atoms with Gasteiger partial charge in [0, 0.05) is 12.3 Å². The molecule has 33 heavy (non-hydrogen) atoms. The van der Waals surface area contributed by atoms with Crippen molar-refractivity contribution in [2.75, 3.05) is 0 Å². The summed E-state index contributed by atoms with van der Waals surface area (Å²) >= 11 is 0. The smallest absolute Gasteiger partial charge is 0.393 e. The fraction of sp³-hybridized carbons (Fsp3) is 0.893. The molecule has 0 heterocycles. The maximum Gasteiger partial charge on any atom is 0.395 e. The number of ketones is 1. The molecule has 2 nitrogen and oxygen atoms in total. The molecular weight excluding hydrogens is 425 g/mol. The Morgan fingerprint density at radius 1 is 0.970 bits per heavy atom. The number of allylic oxidation sites excluding steroid dienone is 2. The molecule has 10 atom stereocenters. The van der Waals surface area contributed by atoms with Crippen molar-refractivity contribution in [1.82, 2.24) is 0 Å². The minimum Gasteiger partial charge on any atom is -0.393 e. The minimum atomic E-state index is -4.20. The van der Waals surface area contributed by atoms with Gasteiger partial charge in [-0.1, -0.05) is 46.8 Å². The molecule has 0 aliphatic heterocycles. The van der Waals surface area contributed by atoms with Crippen molar-refractivity contribution in [2.45, 2.75) is 98.3 Å². The monoisotopic (exact) mass is 468 g/mol. The SMILES string of the molecule is CC(C)[C@@H](/C=C/[C@@H](C)[C@H]1CC[C@H]2[C@@H]3CC(=O)[C@H]4C[C@H](O)CC[C@]4(C)[C@H]3CC[C@]12C)C(F)(F)F. The zero-order chi connectivity index (χ0) is 24.3. The third-order valence-electron chi connectivity index (χ3n) is 10.9. The quantitative estimate of drug-likeness (QED) is 0.443. The second-order valence-electron chi connectivity index (χ2n) is 12.8. The molecule has 188 valence electrons. The molecule has 0 aromatic heterocycles. The van der Waals surface area contributed by atoms with Crippen LogP contribution in [-0.2, 0) is 4.79 Å². The van der Waals surface area contributed by atoms with Crippen LogP contribution in [0.3, 0.4) is 0 Å². The maximum absolute atomic E-state index is 13.5. The molecule has 4 fully saturated rings. The van der Waals surface area contributed by atoms with Gasteiger partial charge >= 0.3 is 6.18 Å². The topological polar surface area (TPSA) is 37.3 Å². The molecule has 0 unspecified atom stereocenters. The van der Waals surface area contributed by atoms with E-state index in [0.717, 1.165) is 38.5 Å². The normalized spacial score (nSPS) is 45.6. The van der Waals surface area contributed by atoms with Gasteiger partial charge < -0.3 is 5.11 Å². The van der Waals surface area contributed by atoms with Crippen LogP contribution >= 0.6 is 0 Å². The van der Waals surface area contributed by atoms with Crippen molar-refractivity contribution in [2.24, 2.45) is 58.2 Å². The third-order valence-corrected chi connectivity index (χ3v) is 10.9. The standard InChI is InChI=1S/C28H43F3O2/c1-16(2)20(28(29,30)31)7-6-17(3)21-8-9-22-19-15-25(33)24-14-18(32)10-12-27(24,5)23(19)11-13-26(21,22)4/h6-7,16-24,32H,8-15H2,1-5H3/b7-6+/t17-,18-,19+,20-,21-,22+,23+,24-,26-,27-/m1/s1. The molecule has 4 aliphatic carbocycles. The van der Waals surface area contributed by atoms with Gasteiger partial charge in [-0.25, -0.2) is 0 Å². The van der Waals surface area contributed by atoms with Crippen molar-refractivity contribution in [3.8, 4) is 0 Å². The number of alkyl halides is 3. The van der Waals surface area contributed by atoms with E-state index in [1.54, 1.807) is 13.8 Å². The van der Waals surface area contributed by atoms with Gasteiger partial charge in [0.15, 0.2) is 0 Å². The number of halogens is 3. The fourth-order valence-corrected chi connectivity index (χ4v) is 9.06. The summed E-state index contributed by atoms with van der Waals surface area (Å²) in [6.07, 6.45) is 6.06. The first kappa shape index (κ1) is 25.3. The Hall–Kier alpha value is -0.840. The predicted molar refractivity (Wildman–Crippen MR) is 124 cm³/mol. The first-order valence-electron chi connectivity index (χ1n) is 13.2. The Labute approximate surface area is 197 Å². The zero-order valence-corrected chi connectivity index (χ0v) is 21.0. The lowest BCUT2D eigenvalue weighted by Gasteiger charge is -2.60. The average Bonchev–Trinajstić information content (AvgIpc) is 3.05. The van der Waals surface area contributed by atoms with Crippen LogP contribution < -0.4 is 0 Å². The van der Waals surface area contributed by atoms with E-state index in [-0.39, 0.29) is 28.8 Å². The van der Waals surface area contributed by atoms with Crippen molar-refractivity contribution < 1.29 is 23.1 Å². The van der Waals surface area contributed by atoms with Crippen LogP contribution in [0.2, 0.25) is 0 Å². The van der Waals surface area contributed by atoms with E-state index in [4.69, 9.17) is 0 Å². The first-order chi connectivity index (χ1) is 15.3. The van der Waals surface area contributed by atoms with Crippen molar-refractivity contribution in [3.05, 3.63) is 12.2 Å². The van der Waals surface area contributed by atoms with Crippen LogP contribution in [0.4, 0.5) is 13.2 Å². The average molecular weight is 469 g/mol. The van der Waals surface area contributed by atoms with E-state index in [9.17, 15) is 23.1 Å². The molecule has 0 aromatic carbocycles. The molecule has 0 saturated heterocycles. The summed E-state index contributed by atoms with van der Waals surface area (Å²) in [4.78, 5) is 13.2. The second-order valence-corrected chi connectivity index (χ2v) is 12.8. The lowest BCUT2D eigenvalue weighted by Crippen LogP contribution is -2.57. The van der Waals surface area contributed by atoms with Gasteiger partial charge in [-0.2, -0.15) is 13.2 Å². The molecular formula is C28H43F3O2. The summed E-state index contributed by atoms with van der Waals surface area (Å²) in [5.41, 5.74) is 0.0928. The van der Waals surface area contributed by atoms with Gasteiger partial charge in [-0.05, 0) is 91.3 Å². The predicted octanol–water partition coefficient (Wildman–Crippen LogP) is 7.21. The highest BCUT2D eigenvalue weighted by Crippen LogP contribution is 2.67. The Bertz CT molecular complexity index is 774. The van der Waals surface area contributed by atoms with Crippen LogP contribution in [0.1, 0.15) is 86.0 Å². The molecule has 4 saturated carbocycles. The Kier molecular flexibility index (Phi) is 6.64. The number of hydrogen-bond donors (Lipinski definition) is 1. The van der Waals surface area contributed by atoms with Crippen LogP contribution in [0.25, 0.3) is 0 Å². The van der Waals surface area contributed by atoms with Crippen LogP contribution in [0.15, 0.2) is 12.2 Å². The van der Waals surface area contributed by atoms with E-state index in [1.807, 2.05) is 6.08 Å². The molecule has 0 spiro atoms. The van der Waals surface area contributed by atoms with Crippen LogP contribution in [0.5, 0.6) is 0 Å². The first-order valence-corrected chi connectivity index (χ1v) is 13.2. The van der Waals surface area contributed by atoms with E-state index >= 15 is 0 Å². The highest BCUT2D eigenvalue weighted by atomic mass is 19.4. The molecule has 0 radical (unpaired) electrons. The van der Waals surface area contributed by atoms with E-state index in [0.29, 0.717) is 42.3 Å². The van der Waals surface area contributed by atoms with E-state index in [2.05, 4.69) is 20.8 Å². The highest BCUT2D eigenvalue weighted by Gasteiger charge is 2.62. The number of aliphatic hydroxyl groups is 1. The second kappa shape index (κ2) is 8.68. The highest BCUT2D eigenvalue weighted by molar-refractivity contribution is 5.83. The zero-order valence-electron chi connectivity index (χ0n) is 21.0. The Morgan fingerprint density at radius 2 is 1.61 bits per heavy atom. The van der Waals surface area contributed by atoms with Crippen LogP contribution in [-0.4, -0.2) is 23.2 Å². The Balaban J connectivity index is 1.53. The van der Waals surface area contributed by atoms with Gasteiger partial charge in [-0.15, -0.1) is 0 Å². The molecule has 4 aliphatic rings. The van der Waals surface area contributed by atoms with Crippen molar-refractivity contribution in [1.29, 1.82) is 0 Å². The van der Waals surface area contributed by atoms with Gasteiger partial charge in [-0.3, -0.25) is 4.79 Å². The van der Waals surface area contributed by atoms with E-state index < -0.39 is 18.0 Å². The summed E-state index contributed by atoms with van der Waals surface area (Å²) in [6.45, 7) is 10.0. The van der Waals surface area contributed by atoms with Crippen LogP contribution in [0, 0.1) is 58.2 Å². The maximum atomic E-state index is 13.5. The number of carbonyl (C=O) groups is 1. The van der Waals surface area contributed by atoms with Crippen molar-refractivity contribution >= 4 is 5.78 Å². The third kappa shape index (κ3) is 4.23. The lowest BCUT2D eigenvalue weighted by molar-refractivity contribution is -0.171. The van der Waals surface area contributed by atoms with Gasteiger partial charge in [0.25, 0.3) is 0 Å². The largest absolute Gasteiger partial charge is 0.395 e. The number of carbonyl (C=O) groups excluding carboxylic acids is 1. The minimum absolute atomic E-state index is 0.00116. The molecule has 0 bridgehead atoms. The van der Waals surface area contributed by atoms with Gasteiger partial charge in [0.1, 0.15) is 5.78 Å². The summed E-state index contributed by atoms with van der Waals surface area (Å²) in [5.74, 6) is 0.376. The molecule has 4 rings (SSSR count). The lowest BCUT2D eigenvalue weighted by atomic mass is 9.44. The molecule has 0 aromatic rings. The number of Topliss-reactive ketones (excluding diaryl/α,β-unsaturated/α-hetero) is 1. The number of aliphatic hydroxyl groups excluding tert-OH is 1. The fourth-order valence-electron chi connectivity index (χ4n) is 9.06. The number of fused-ring (bicyclic) bond motifs is 5. The summed E-state index contributed by atoms with van der Waals surface area (Å²) in [7, 11) is 0. The number of hydrogen-bond acceptors (Lipinski definition) is 2. The van der Waals surface area contributed by atoms with Crippen molar-refractivity contribution in [3.63, 3.8) is 0 Å². The van der Waals surface area contributed by atoms with Gasteiger partial charge in [0.05, 0.1) is 12.0 Å². The summed E-state index contributed by atoms with van der Waals surface area (Å²) in [6, 6.07) is 0. The number of rotatable bonds is 4. The molecule has 1 N–H and O–H groups in total. The molecule has 0 amide bonds. The Morgan fingerprint density at radius 3 is 2.24 bits per heavy atom. The molecule has 5 heteroatoms. The van der Waals surface area contributed by atoms with Gasteiger partial charge in [0.2, 0.25) is 0 Å².